The zero-order valence-electron chi connectivity index (χ0n) is 10.1. The lowest BCUT2D eigenvalue weighted by Gasteiger charge is -1.94. The van der Waals surface area contributed by atoms with Gasteiger partial charge in [-0.05, 0) is 24.1 Å². The molecule has 96 valence electrons. The van der Waals surface area contributed by atoms with Crippen LogP contribution in [0.4, 0.5) is 14.5 Å². The van der Waals surface area contributed by atoms with Crippen LogP contribution in [0.5, 0.6) is 0 Å². The van der Waals surface area contributed by atoms with Gasteiger partial charge in [-0.15, -0.1) is 5.11 Å². The van der Waals surface area contributed by atoms with Crippen molar-refractivity contribution >= 4 is 5.69 Å². The van der Waals surface area contributed by atoms with Gasteiger partial charge < -0.3 is 0 Å². The number of hydrogen-bond donors (Lipinski definition) is 0. The Kier molecular flexibility index (Phi) is 4.50. The number of rotatable bonds is 4. The van der Waals surface area contributed by atoms with E-state index in [9.17, 15) is 8.78 Å². The number of benzene rings is 2. The average molecular weight is 258 g/mol. The lowest BCUT2D eigenvalue weighted by Crippen LogP contribution is -1.78. The van der Waals surface area contributed by atoms with Crippen molar-refractivity contribution in [2.75, 3.05) is 0 Å². The van der Waals surface area contributed by atoms with Crippen LogP contribution >= 0.6 is 0 Å². The molecule has 0 heterocycles. The van der Waals surface area contributed by atoms with E-state index in [1.54, 1.807) is 0 Å². The molecule has 0 spiro atoms. The molecule has 2 aromatic carbocycles. The van der Waals surface area contributed by atoms with Crippen LogP contribution in [0.15, 0.2) is 71.0 Å². The highest BCUT2D eigenvalue weighted by atomic mass is 19.1. The minimum atomic E-state index is -0.722. The van der Waals surface area contributed by atoms with Crippen molar-refractivity contribution in [1.82, 2.24) is 0 Å². The predicted octanol–water partition coefficient (Wildman–Crippen LogP) is 4.80. The summed E-state index contributed by atoms with van der Waals surface area (Å²) >= 11 is 0. The molecule has 0 radical (unpaired) electrons. The van der Waals surface area contributed by atoms with Crippen LogP contribution in [0.1, 0.15) is 5.56 Å². The summed E-state index contributed by atoms with van der Waals surface area (Å²) in [6.07, 6.45) is 4.04. The van der Waals surface area contributed by atoms with E-state index < -0.39 is 11.6 Å². The molecule has 0 aliphatic heterocycles. The number of halogens is 2. The molecule has 0 amide bonds. The molecule has 0 unspecified atom stereocenters. The fourth-order valence-electron chi connectivity index (χ4n) is 1.51. The Hall–Kier alpha value is -2.36. The Bertz CT molecular complexity index is 592. The third-order valence-corrected chi connectivity index (χ3v) is 2.44. The Morgan fingerprint density at radius 1 is 1.00 bits per heavy atom. The van der Waals surface area contributed by atoms with Gasteiger partial charge in [0, 0.05) is 12.3 Å². The highest BCUT2D eigenvalue weighted by Crippen LogP contribution is 2.18. The Balaban J connectivity index is 1.93. The van der Waals surface area contributed by atoms with Gasteiger partial charge in [0.15, 0.2) is 5.82 Å². The van der Waals surface area contributed by atoms with E-state index in [-0.39, 0.29) is 5.69 Å². The van der Waals surface area contributed by atoms with Crippen molar-refractivity contribution < 1.29 is 8.78 Å². The molecule has 4 heteroatoms. The van der Waals surface area contributed by atoms with E-state index in [4.69, 9.17) is 0 Å². The molecular weight excluding hydrogens is 246 g/mol. The van der Waals surface area contributed by atoms with Crippen LogP contribution in [0.3, 0.4) is 0 Å². The Morgan fingerprint density at radius 3 is 2.53 bits per heavy atom. The summed E-state index contributed by atoms with van der Waals surface area (Å²) in [4.78, 5) is 0. The van der Waals surface area contributed by atoms with Crippen LogP contribution < -0.4 is 0 Å². The smallest absolute Gasteiger partial charge is 0.153 e. The normalized spacial score (nSPS) is 11.5. The molecule has 0 aliphatic carbocycles. The summed E-state index contributed by atoms with van der Waals surface area (Å²) in [6.45, 7) is 0. The number of azo groups is 1. The molecule has 0 atom stereocenters. The first-order valence-electron chi connectivity index (χ1n) is 5.80. The molecule has 0 fully saturated rings. The first kappa shape index (κ1) is 13.1. The molecular formula is C15H12F2N2. The first-order chi connectivity index (χ1) is 9.25. The first-order valence-corrected chi connectivity index (χ1v) is 5.80. The van der Waals surface area contributed by atoms with E-state index >= 15 is 0 Å². The van der Waals surface area contributed by atoms with Crippen molar-refractivity contribution in [1.29, 1.82) is 0 Å². The zero-order chi connectivity index (χ0) is 13.5. The Morgan fingerprint density at radius 2 is 1.79 bits per heavy atom. The second-order valence-electron chi connectivity index (χ2n) is 3.89. The third-order valence-electron chi connectivity index (χ3n) is 2.44. The summed E-state index contributed by atoms with van der Waals surface area (Å²) in [6, 6.07) is 13.0. The van der Waals surface area contributed by atoms with Gasteiger partial charge >= 0.3 is 0 Å². The van der Waals surface area contributed by atoms with E-state index in [2.05, 4.69) is 10.2 Å². The summed E-state index contributed by atoms with van der Waals surface area (Å²) in [5.74, 6) is -1.35. The highest BCUT2D eigenvalue weighted by Gasteiger charge is 2.01. The van der Waals surface area contributed by atoms with Crippen molar-refractivity contribution in [3.8, 4) is 0 Å². The molecule has 19 heavy (non-hydrogen) atoms. The molecule has 0 saturated carbocycles. The fraction of sp³-hybridized carbons (Fsp3) is 0.0667. The van der Waals surface area contributed by atoms with Gasteiger partial charge in [-0.3, -0.25) is 0 Å². The molecule has 2 rings (SSSR count). The van der Waals surface area contributed by atoms with Gasteiger partial charge in [-0.2, -0.15) is 5.11 Å². The molecule has 0 aliphatic rings. The molecule has 0 bridgehead atoms. The molecule has 0 N–H and O–H groups in total. The lowest BCUT2D eigenvalue weighted by molar-refractivity contribution is 0.584. The number of nitrogens with zero attached hydrogens (tertiary/aromatic N) is 2. The van der Waals surface area contributed by atoms with Gasteiger partial charge in [0.2, 0.25) is 0 Å². The van der Waals surface area contributed by atoms with E-state index in [1.807, 2.05) is 36.4 Å². The van der Waals surface area contributed by atoms with Crippen molar-refractivity contribution in [3.63, 3.8) is 0 Å². The third kappa shape index (κ3) is 4.10. The summed E-state index contributed by atoms with van der Waals surface area (Å²) < 4.78 is 25.9. The maximum Gasteiger partial charge on any atom is 0.153 e. The maximum absolute atomic E-state index is 13.2. The van der Waals surface area contributed by atoms with Gasteiger partial charge in [0.1, 0.15) is 11.5 Å². The van der Waals surface area contributed by atoms with Crippen LogP contribution in [0, 0.1) is 11.6 Å². The largest absolute Gasteiger partial charge is 0.207 e. The highest BCUT2D eigenvalue weighted by molar-refractivity contribution is 5.37. The molecule has 0 aromatic heterocycles. The minimum absolute atomic E-state index is 0.0192. The van der Waals surface area contributed by atoms with Crippen molar-refractivity contribution in [2.45, 2.75) is 6.42 Å². The monoisotopic (exact) mass is 258 g/mol. The lowest BCUT2D eigenvalue weighted by atomic mass is 10.1. The summed E-state index contributed by atoms with van der Waals surface area (Å²) in [5.41, 5.74) is 1.17. The summed E-state index contributed by atoms with van der Waals surface area (Å²) in [7, 11) is 0. The van der Waals surface area contributed by atoms with Gasteiger partial charge in [-0.1, -0.05) is 36.4 Å². The molecule has 2 aromatic rings. The van der Waals surface area contributed by atoms with Crippen molar-refractivity contribution in [2.24, 2.45) is 10.2 Å². The van der Waals surface area contributed by atoms with Gasteiger partial charge in [0.25, 0.3) is 0 Å². The zero-order valence-corrected chi connectivity index (χ0v) is 10.1. The molecule has 0 saturated heterocycles. The van der Waals surface area contributed by atoms with Crippen LogP contribution in [0.25, 0.3) is 0 Å². The van der Waals surface area contributed by atoms with Gasteiger partial charge in [-0.25, -0.2) is 8.78 Å². The quantitative estimate of drug-likeness (QED) is 0.703. The molecule has 2 nitrogen and oxygen atoms in total. The second kappa shape index (κ2) is 6.54. The fourth-order valence-corrected chi connectivity index (χ4v) is 1.51. The van der Waals surface area contributed by atoms with E-state index in [0.29, 0.717) is 0 Å². The SMILES string of the molecule is Fc1ccc(N=N/C=C/Cc2ccccc2)c(F)c1. The minimum Gasteiger partial charge on any atom is -0.207 e. The van der Waals surface area contributed by atoms with Crippen LogP contribution in [-0.2, 0) is 6.42 Å². The summed E-state index contributed by atoms with van der Waals surface area (Å²) in [5, 5.41) is 7.40. The Labute approximate surface area is 110 Å². The standard InChI is InChI=1S/C15H12F2N2/c16-13-8-9-15(14(17)11-13)19-18-10-4-7-12-5-2-1-3-6-12/h1-6,8-11H,7H2/b10-4+,19-18?. The number of hydrogen-bond acceptors (Lipinski definition) is 2. The number of allylic oxidation sites excluding steroid dienone is 1. The van der Waals surface area contributed by atoms with Crippen molar-refractivity contribution in [3.05, 3.63) is 78.0 Å². The second-order valence-corrected chi connectivity index (χ2v) is 3.89. The topological polar surface area (TPSA) is 24.7 Å². The maximum atomic E-state index is 13.2. The van der Waals surface area contributed by atoms with Gasteiger partial charge in [0.05, 0.1) is 0 Å². The van der Waals surface area contributed by atoms with Crippen LogP contribution in [-0.4, -0.2) is 0 Å². The van der Waals surface area contributed by atoms with E-state index in [0.717, 1.165) is 24.1 Å². The van der Waals surface area contributed by atoms with E-state index in [1.165, 1.54) is 12.3 Å². The van der Waals surface area contributed by atoms with Crippen LogP contribution in [0.2, 0.25) is 0 Å². The predicted molar refractivity (Wildman–Crippen MR) is 70.2 cm³/mol. The average Bonchev–Trinajstić information content (AvgIpc) is 2.42.